The molecule has 0 aromatic heterocycles. The average Bonchev–Trinajstić information content (AvgIpc) is 2.17. The van der Waals surface area contributed by atoms with Crippen LogP contribution in [-0.4, -0.2) is 32.0 Å². The van der Waals surface area contributed by atoms with Gasteiger partial charge in [0.1, 0.15) is 5.57 Å². The van der Waals surface area contributed by atoms with Crippen molar-refractivity contribution in [2.24, 2.45) is 0 Å². The van der Waals surface area contributed by atoms with Gasteiger partial charge in [-0.1, -0.05) is 0 Å². The van der Waals surface area contributed by atoms with Crippen LogP contribution < -0.4 is 5.32 Å². The Bertz CT molecular complexity index is 258. The molecule has 1 unspecified atom stereocenters. The monoisotopic (exact) mass is 183 g/mol. The van der Waals surface area contributed by atoms with E-state index in [1.807, 2.05) is 0 Å². The van der Waals surface area contributed by atoms with E-state index in [9.17, 15) is 9.59 Å². The van der Waals surface area contributed by atoms with Crippen molar-refractivity contribution in [3.8, 4) is 0 Å². The molecule has 0 saturated heterocycles. The number of carbonyl (C=O) groups excluding carboxylic acids is 2. The van der Waals surface area contributed by atoms with Crippen molar-refractivity contribution in [3.63, 3.8) is 0 Å². The highest BCUT2D eigenvalue weighted by Gasteiger charge is 2.24. The maximum absolute atomic E-state index is 11.3. The molecular formula is C9H13NO3. The van der Waals surface area contributed by atoms with Gasteiger partial charge in [-0.05, 0) is 19.5 Å². The number of hydrogen-bond donors (Lipinski definition) is 1. The molecule has 13 heavy (non-hydrogen) atoms. The number of likely N-dealkylation sites (N-methyl/N-ethyl adjacent to an activating group) is 1. The van der Waals surface area contributed by atoms with Crippen LogP contribution in [0.1, 0.15) is 12.8 Å². The Balaban J connectivity index is 2.83. The average molecular weight is 183 g/mol. The molecule has 0 aliphatic heterocycles. The lowest BCUT2D eigenvalue weighted by molar-refractivity contribution is -0.138. The molecule has 1 N–H and O–H groups in total. The number of rotatable bonds is 2. The number of carbonyl (C=O) groups is 2. The normalized spacial score (nSPS) is 22.5. The summed E-state index contributed by atoms with van der Waals surface area (Å²) in [4.78, 5) is 22.4. The van der Waals surface area contributed by atoms with E-state index in [1.54, 1.807) is 13.1 Å². The van der Waals surface area contributed by atoms with Crippen LogP contribution in [0.2, 0.25) is 0 Å². The summed E-state index contributed by atoms with van der Waals surface area (Å²) < 4.78 is 4.50. The van der Waals surface area contributed by atoms with Crippen LogP contribution >= 0.6 is 0 Å². The molecule has 0 fully saturated rings. The molecule has 0 aromatic rings. The highest BCUT2D eigenvalue weighted by atomic mass is 16.5. The van der Waals surface area contributed by atoms with Gasteiger partial charge < -0.3 is 10.1 Å². The van der Waals surface area contributed by atoms with Crippen LogP contribution in [0.5, 0.6) is 0 Å². The van der Waals surface area contributed by atoms with E-state index in [0.717, 1.165) is 6.42 Å². The Labute approximate surface area is 76.9 Å². The van der Waals surface area contributed by atoms with Gasteiger partial charge >= 0.3 is 5.97 Å². The fraction of sp³-hybridized carbons (Fsp3) is 0.556. The highest BCUT2D eigenvalue weighted by Crippen LogP contribution is 2.15. The number of ether oxygens (including phenoxy) is 1. The summed E-state index contributed by atoms with van der Waals surface area (Å²) in [5, 5.41) is 3.00. The lowest BCUT2D eigenvalue weighted by atomic mass is 9.94. The first kappa shape index (κ1) is 9.92. The van der Waals surface area contributed by atoms with Crippen molar-refractivity contribution in [1.82, 2.24) is 5.32 Å². The number of nitrogens with one attached hydrogen (secondary N) is 1. The van der Waals surface area contributed by atoms with Crippen molar-refractivity contribution in [1.29, 1.82) is 0 Å². The van der Waals surface area contributed by atoms with Gasteiger partial charge in [-0.15, -0.1) is 0 Å². The predicted octanol–water partition coefficient (Wildman–Crippen LogP) is 0.0367. The molecular weight excluding hydrogens is 170 g/mol. The highest BCUT2D eigenvalue weighted by molar-refractivity contribution is 6.17. The van der Waals surface area contributed by atoms with Crippen LogP contribution in [0.15, 0.2) is 11.6 Å². The third kappa shape index (κ3) is 2.15. The largest absolute Gasteiger partial charge is 0.465 e. The van der Waals surface area contributed by atoms with Gasteiger partial charge in [0.05, 0.1) is 7.11 Å². The molecule has 0 amide bonds. The fourth-order valence-corrected chi connectivity index (χ4v) is 1.32. The van der Waals surface area contributed by atoms with E-state index < -0.39 is 5.97 Å². The number of Topliss-reactive ketones (excluding diaryl/α,β-unsaturated/α-hetero) is 1. The Hall–Kier alpha value is -1.16. The summed E-state index contributed by atoms with van der Waals surface area (Å²) in [6.45, 7) is 0. The Morgan fingerprint density at radius 2 is 2.38 bits per heavy atom. The predicted molar refractivity (Wildman–Crippen MR) is 47.2 cm³/mol. The molecule has 0 spiro atoms. The summed E-state index contributed by atoms with van der Waals surface area (Å²) in [5.41, 5.74) is 0.174. The molecule has 0 aromatic carbocycles. The standard InChI is InChI=1S/C9H13NO3/c1-10-6-3-4-8(11)7(5-6)9(12)13-2/h5-6,10H,3-4H2,1-2H3. The quantitative estimate of drug-likeness (QED) is 0.485. The third-order valence-electron chi connectivity index (χ3n) is 2.13. The van der Waals surface area contributed by atoms with E-state index >= 15 is 0 Å². The first-order valence-electron chi connectivity index (χ1n) is 4.19. The summed E-state index contributed by atoms with van der Waals surface area (Å²) in [7, 11) is 3.07. The van der Waals surface area contributed by atoms with E-state index in [2.05, 4.69) is 10.1 Å². The minimum Gasteiger partial charge on any atom is -0.465 e. The topological polar surface area (TPSA) is 55.4 Å². The van der Waals surface area contributed by atoms with Gasteiger partial charge in [0.15, 0.2) is 5.78 Å². The summed E-state index contributed by atoms with van der Waals surface area (Å²) in [6, 6.07) is 0.104. The van der Waals surface area contributed by atoms with Crippen LogP contribution in [0.4, 0.5) is 0 Å². The van der Waals surface area contributed by atoms with Gasteiger partial charge in [0, 0.05) is 12.5 Å². The molecule has 1 aliphatic rings. The van der Waals surface area contributed by atoms with Crippen LogP contribution in [0.25, 0.3) is 0 Å². The fourth-order valence-electron chi connectivity index (χ4n) is 1.32. The molecule has 0 bridgehead atoms. The molecule has 4 heteroatoms. The maximum atomic E-state index is 11.3. The second kappa shape index (κ2) is 4.18. The van der Waals surface area contributed by atoms with E-state index in [1.165, 1.54) is 7.11 Å². The smallest absolute Gasteiger partial charge is 0.341 e. The van der Waals surface area contributed by atoms with Gasteiger partial charge in [0.2, 0.25) is 0 Å². The van der Waals surface area contributed by atoms with Crippen LogP contribution in [0.3, 0.4) is 0 Å². The molecule has 0 radical (unpaired) electrons. The molecule has 72 valence electrons. The summed E-state index contributed by atoms with van der Waals surface area (Å²) >= 11 is 0. The van der Waals surface area contributed by atoms with Crippen molar-refractivity contribution >= 4 is 11.8 Å². The molecule has 0 heterocycles. The van der Waals surface area contributed by atoms with Gasteiger partial charge in [-0.2, -0.15) is 0 Å². The van der Waals surface area contributed by atoms with E-state index in [0.29, 0.717) is 6.42 Å². The van der Waals surface area contributed by atoms with E-state index in [4.69, 9.17) is 0 Å². The van der Waals surface area contributed by atoms with E-state index in [-0.39, 0.29) is 17.4 Å². The minimum absolute atomic E-state index is 0.104. The summed E-state index contributed by atoms with van der Waals surface area (Å²) in [6.07, 6.45) is 2.79. The lowest BCUT2D eigenvalue weighted by Crippen LogP contribution is -2.31. The molecule has 1 aliphatic carbocycles. The SMILES string of the molecule is CNC1C=C(C(=O)OC)C(=O)CC1. The first-order chi connectivity index (χ1) is 6.19. The third-order valence-corrected chi connectivity index (χ3v) is 2.13. The van der Waals surface area contributed by atoms with Crippen molar-refractivity contribution < 1.29 is 14.3 Å². The summed E-state index contributed by atoms with van der Waals surface area (Å²) in [5.74, 6) is -0.664. The van der Waals surface area contributed by atoms with Crippen LogP contribution in [-0.2, 0) is 14.3 Å². The first-order valence-corrected chi connectivity index (χ1v) is 4.19. The zero-order valence-corrected chi connectivity index (χ0v) is 7.79. The zero-order chi connectivity index (χ0) is 9.84. The van der Waals surface area contributed by atoms with Crippen molar-refractivity contribution in [2.75, 3.05) is 14.2 Å². The van der Waals surface area contributed by atoms with Gasteiger partial charge in [-0.25, -0.2) is 4.79 Å². The second-order valence-electron chi connectivity index (χ2n) is 2.93. The number of hydrogen-bond acceptors (Lipinski definition) is 4. The number of ketones is 1. The van der Waals surface area contributed by atoms with Crippen LogP contribution in [0, 0.1) is 0 Å². The maximum Gasteiger partial charge on any atom is 0.341 e. The molecule has 0 saturated carbocycles. The number of esters is 1. The van der Waals surface area contributed by atoms with Gasteiger partial charge in [0.25, 0.3) is 0 Å². The molecule has 1 rings (SSSR count). The van der Waals surface area contributed by atoms with Crippen molar-refractivity contribution in [3.05, 3.63) is 11.6 Å². The lowest BCUT2D eigenvalue weighted by Gasteiger charge is -2.17. The second-order valence-corrected chi connectivity index (χ2v) is 2.93. The molecule has 4 nitrogen and oxygen atoms in total. The Kier molecular flexibility index (Phi) is 3.19. The van der Waals surface area contributed by atoms with Gasteiger partial charge in [-0.3, -0.25) is 4.79 Å². The molecule has 1 atom stereocenters. The van der Waals surface area contributed by atoms with Crippen molar-refractivity contribution in [2.45, 2.75) is 18.9 Å². The Morgan fingerprint density at radius 1 is 1.69 bits per heavy atom. The minimum atomic E-state index is -0.537. The Morgan fingerprint density at radius 3 is 2.92 bits per heavy atom. The zero-order valence-electron chi connectivity index (χ0n) is 7.79. The number of methoxy groups -OCH3 is 1.